The molecule has 5 nitrogen and oxygen atoms in total. The van der Waals surface area contributed by atoms with Gasteiger partial charge < -0.3 is 23.8 Å². The number of fused-ring (bicyclic) bond motifs is 5. The molecule has 0 unspecified atom stereocenters. The van der Waals surface area contributed by atoms with Crippen molar-refractivity contribution >= 4 is 11.8 Å². The van der Waals surface area contributed by atoms with Gasteiger partial charge in [0.05, 0.1) is 20.3 Å². The Morgan fingerprint density at radius 3 is 2.75 bits per heavy atom. The van der Waals surface area contributed by atoms with Crippen LogP contribution >= 0.6 is 0 Å². The normalized spacial score (nSPS) is 18.6. The van der Waals surface area contributed by atoms with E-state index in [1.54, 1.807) is 14.2 Å². The van der Waals surface area contributed by atoms with Gasteiger partial charge in [0.1, 0.15) is 0 Å². The van der Waals surface area contributed by atoms with Gasteiger partial charge in [0.2, 0.25) is 6.79 Å². The fraction of sp³-hybridized carbons (Fsp3) is 0.304. The lowest BCUT2D eigenvalue weighted by Gasteiger charge is -2.43. The smallest absolute Gasteiger partial charge is 0.231 e. The third-order valence-electron chi connectivity index (χ3n) is 5.82. The number of hydrogen-bond acceptors (Lipinski definition) is 5. The molecule has 1 atom stereocenters. The van der Waals surface area contributed by atoms with Crippen molar-refractivity contribution < 1.29 is 18.9 Å². The Kier molecular flexibility index (Phi) is 3.97. The lowest BCUT2D eigenvalue weighted by Crippen LogP contribution is -2.35. The molecule has 0 N–H and O–H groups in total. The first-order chi connectivity index (χ1) is 13.7. The second kappa shape index (κ2) is 6.51. The Balaban J connectivity index is 1.72. The minimum atomic E-state index is 0.149. The molecule has 0 bridgehead atoms. The Morgan fingerprint density at radius 2 is 2.00 bits per heavy atom. The van der Waals surface area contributed by atoms with Crippen LogP contribution in [0.15, 0.2) is 36.9 Å². The summed E-state index contributed by atoms with van der Waals surface area (Å²) in [6, 6.07) is 8.47. The fourth-order valence-corrected chi connectivity index (χ4v) is 4.57. The van der Waals surface area contributed by atoms with E-state index in [9.17, 15) is 0 Å². The molecule has 0 spiro atoms. The number of rotatable bonds is 4. The predicted octanol–water partition coefficient (Wildman–Crippen LogP) is 4.42. The number of methoxy groups -OCH3 is 2. The summed E-state index contributed by atoms with van der Waals surface area (Å²) < 4.78 is 22.5. The third kappa shape index (κ3) is 2.39. The lowest BCUT2D eigenvalue weighted by molar-refractivity contribution is 0.174. The minimum absolute atomic E-state index is 0.149. The van der Waals surface area contributed by atoms with Crippen molar-refractivity contribution in [2.75, 3.05) is 27.6 Å². The first-order valence-corrected chi connectivity index (χ1v) is 9.52. The zero-order valence-corrected chi connectivity index (χ0v) is 16.2. The van der Waals surface area contributed by atoms with Crippen LogP contribution in [0.25, 0.3) is 11.8 Å². The van der Waals surface area contributed by atoms with Crippen molar-refractivity contribution in [1.29, 1.82) is 0 Å². The molecule has 3 heterocycles. The highest BCUT2D eigenvalue weighted by Crippen LogP contribution is 2.50. The van der Waals surface area contributed by atoms with E-state index in [1.165, 1.54) is 16.8 Å². The molecule has 3 aliphatic rings. The summed E-state index contributed by atoms with van der Waals surface area (Å²) >= 11 is 0. The molecule has 2 aromatic rings. The van der Waals surface area contributed by atoms with E-state index in [0.717, 1.165) is 53.5 Å². The molecule has 0 fully saturated rings. The molecule has 2 aromatic carbocycles. The van der Waals surface area contributed by atoms with E-state index in [1.807, 2.05) is 12.1 Å². The van der Waals surface area contributed by atoms with E-state index in [4.69, 9.17) is 18.9 Å². The van der Waals surface area contributed by atoms with E-state index >= 15 is 0 Å². The standard InChI is InChI=1S/C23H23NO4/c1-4-5-17-22-15(6-7-19(25-2)23(22)26-3)10-18-16-12-21-20(27-13-28-21)11-14(16)8-9-24(17)18/h4,6-7,10-12,17H,1,5,8-9,13H2,2-3H3/t17-/m0/s1. The van der Waals surface area contributed by atoms with Crippen LogP contribution in [0.3, 0.4) is 0 Å². The summed E-state index contributed by atoms with van der Waals surface area (Å²) in [6.07, 6.45) is 6.01. The zero-order valence-electron chi connectivity index (χ0n) is 16.2. The van der Waals surface area contributed by atoms with Crippen molar-refractivity contribution in [3.8, 4) is 23.0 Å². The van der Waals surface area contributed by atoms with Gasteiger partial charge in [-0.2, -0.15) is 0 Å². The van der Waals surface area contributed by atoms with E-state index < -0.39 is 0 Å². The number of hydrogen-bond donors (Lipinski definition) is 0. The van der Waals surface area contributed by atoms with Crippen LogP contribution in [0.4, 0.5) is 0 Å². The Hall–Kier alpha value is -3.08. The summed E-state index contributed by atoms with van der Waals surface area (Å²) in [7, 11) is 3.38. The quantitative estimate of drug-likeness (QED) is 0.738. The molecule has 144 valence electrons. The molecule has 0 saturated heterocycles. The molecule has 0 aliphatic carbocycles. The molecule has 5 rings (SSSR count). The largest absolute Gasteiger partial charge is 0.493 e. The van der Waals surface area contributed by atoms with Gasteiger partial charge >= 0.3 is 0 Å². The van der Waals surface area contributed by atoms with Gasteiger partial charge in [-0.05, 0) is 48.2 Å². The highest BCUT2D eigenvalue weighted by Gasteiger charge is 2.36. The summed E-state index contributed by atoms with van der Waals surface area (Å²) in [6.45, 7) is 5.22. The second-order valence-electron chi connectivity index (χ2n) is 7.18. The van der Waals surface area contributed by atoms with Gasteiger partial charge in [-0.1, -0.05) is 12.1 Å². The lowest BCUT2D eigenvalue weighted by atomic mass is 9.85. The van der Waals surface area contributed by atoms with Gasteiger partial charge in [-0.3, -0.25) is 0 Å². The molecule has 0 radical (unpaired) electrons. The third-order valence-corrected chi connectivity index (χ3v) is 5.82. The van der Waals surface area contributed by atoms with Crippen molar-refractivity contribution in [3.63, 3.8) is 0 Å². The Bertz CT molecular complexity index is 995. The first-order valence-electron chi connectivity index (χ1n) is 9.52. The Labute approximate surface area is 164 Å². The van der Waals surface area contributed by atoms with Gasteiger partial charge in [0.25, 0.3) is 0 Å². The monoisotopic (exact) mass is 377 g/mol. The molecule has 3 aliphatic heterocycles. The number of benzene rings is 2. The maximum Gasteiger partial charge on any atom is 0.231 e. The topological polar surface area (TPSA) is 40.2 Å². The highest BCUT2D eigenvalue weighted by molar-refractivity contribution is 5.88. The van der Waals surface area contributed by atoms with Crippen molar-refractivity contribution in [2.24, 2.45) is 0 Å². The van der Waals surface area contributed by atoms with Crippen LogP contribution in [0.2, 0.25) is 0 Å². The average molecular weight is 377 g/mol. The van der Waals surface area contributed by atoms with Crippen LogP contribution in [0.1, 0.15) is 34.7 Å². The van der Waals surface area contributed by atoms with Gasteiger partial charge in [0.15, 0.2) is 23.0 Å². The molecule has 5 heteroatoms. The van der Waals surface area contributed by atoms with Gasteiger partial charge in [-0.25, -0.2) is 0 Å². The molecular weight excluding hydrogens is 354 g/mol. The predicted molar refractivity (Wildman–Crippen MR) is 108 cm³/mol. The summed E-state index contributed by atoms with van der Waals surface area (Å²) in [5, 5.41) is 0. The fourth-order valence-electron chi connectivity index (χ4n) is 4.57. The summed E-state index contributed by atoms with van der Waals surface area (Å²) in [5.41, 5.74) is 6.04. The molecule has 28 heavy (non-hydrogen) atoms. The van der Waals surface area contributed by atoms with Crippen LogP contribution in [0, 0.1) is 0 Å². The SMILES string of the molecule is C=CC[C@H]1c2c(ccc(OC)c2OC)C=C2c3cc4c(cc3CCN21)OCO4. The second-order valence-corrected chi connectivity index (χ2v) is 7.18. The molecule has 0 saturated carbocycles. The molecule has 0 amide bonds. The number of nitrogens with zero attached hydrogens (tertiary/aromatic N) is 1. The van der Waals surface area contributed by atoms with Crippen LogP contribution in [-0.4, -0.2) is 32.5 Å². The van der Waals surface area contributed by atoms with Gasteiger partial charge in [0, 0.05) is 23.4 Å². The van der Waals surface area contributed by atoms with Crippen LogP contribution in [-0.2, 0) is 6.42 Å². The number of ether oxygens (including phenoxy) is 4. The summed E-state index contributed by atoms with van der Waals surface area (Å²) in [4.78, 5) is 2.45. The molecular formula is C23H23NO4. The minimum Gasteiger partial charge on any atom is -0.493 e. The van der Waals surface area contributed by atoms with E-state index in [0.29, 0.717) is 6.79 Å². The van der Waals surface area contributed by atoms with Crippen molar-refractivity contribution in [1.82, 2.24) is 4.90 Å². The van der Waals surface area contributed by atoms with Crippen LogP contribution < -0.4 is 18.9 Å². The van der Waals surface area contributed by atoms with E-state index in [-0.39, 0.29) is 6.04 Å². The maximum absolute atomic E-state index is 5.77. The molecule has 0 aromatic heterocycles. The van der Waals surface area contributed by atoms with Crippen molar-refractivity contribution in [3.05, 3.63) is 59.2 Å². The van der Waals surface area contributed by atoms with E-state index in [2.05, 4.69) is 35.8 Å². The summed E-state index contributed by atoms with van der Waals surface area (Å²) in [5.74, 6) is 3.23. The zero-order chi connectivity index (χ0) is 19.3. The maximum atomic E-state index is 5.77. The van der Waals surface area contributed by atoms with Gasteiger partial charge in [-0.15, -0.1) is 6.58 Å². The van der Waals surface area contributed by atoms with Crippen molar-refractivity contribution in [2.45, 2.75) is 18.9 Å². The average Bonchev–Trinajstić information content (AvgIpc) is 3.18. The Morgan fingerprint density at radius 1 is 1.18 bits per heavy atom. The first kappa shape index (κ1) is 17.0. The van der Waals surface area contributed by atoms with Crippen LogP contribution in [0.5, 0.6) is 23.0 Å². The highest BCUT2D eigenvalue weighted by atomic mass is 16.7.